The Labute approximate surface area is 156 Å². The van der Waals surface area contributed by atoms with Crippen LogP contribution in [0.1, 0.15) is 66.4 Å². The van der Waals surface area contributed by atoms with Crippen molar-refractivity contribution in [1.29, 1.82) is 0 Å². The SMILES string of the molecule is O=C(CCC(=O)N1CCCN2CCCC2C1)c1ccc2c(c1)CCCC2. The lowest BCUT2D eigenvalue weighted by Gasteiger charge is -2.25. The molecule has 0 radical (unpaired) electrons. The van der Waals surface area contributed by atoms with Gasteiger partial charge in [0.2, 0.25) is 5.91 Å². The number of fused-ring (bicyclic) bond motifs is 2. The molecule has 0 saturated carbocycles. The van der Waals surface area contributed by atoms with Gasteiger partial charge in [0.1, 0.15) is 0 Å². The van der Waals surface area contributed by atoms with Gasteiger partial charge >= 0.3 is 0 Å². The first-order chi connectivity index (χ1) is 12.7. The van der Waals surface area contributed by atoms with Gasteiger partial charge in [-0.1, -0.05) is 12.1 Å². The highest BCUT2D eigenvalue weighted by atomic mass is 16.2. The maximum absolute atomic E-state index is 12.7. The van der Waals surface area contributed by atoms with Gasteiger partial charge in [-0.2, -0.15) is 0 Å². The summed E-state index contributed by atoms with van der Waals surface area (Å²) in [6, 6.07) is 6.69. The third kappa shape index (κ3) is 3.85. The Morgan fingerprint density at radius 1 is 0.923 bits per heavy atom. The van der Waals surface area contributed by atoms with Crippen molar-refractivity contribution in [2.75, 3.05) is 26.2 Å². The summed E-state index contributed by atoms with van der Waals surface area (Å²) in [5, 5.41) is 0. The van der Waals surface area contributed by atoms with Gasteiger partial charge in [0, 0.05) is 44.1 Å². The number of rotatable bonds is 4. The quantitative estimate of drug-likeness (QED) is 0.780. The van der Waals surface area contributed by atoms with Crippen molar-refractivity contribution < 1.29 is 9.59 Å². The second kappa shape index (κ2) is 7.91. The number of hydrogen-bond donors (Lipinski definition) is 0. The Morgan fingerprint density at radius 2 is 1.73 bits per heavy atom. The number of aryl methyl sites for hydroxylation is 2. The normalized spacial score (nSPS) is 23.2. The zero-order valence-electron chi connectivity index (χ0n) is 15.7. The summed E-state index contributed by atoms with van der Waals surface area (Å²) in [5.74, 6) is 0.272. The van der Waals surface area contributed by atoms with E-state index < -0.39 is 0 Å². The third-order valence-electron chi connectivity index (χ3n) is 6.39. The van der Waals surface area contributed by atoms with Crippen molar-refractivity contribution in [1.82, 2.24) is 9.80 Å². The van der Waals surface area contributed by atoms with Crippen LogP contribution in [0, 0.1) is 0 Å². The molecule has 3 aliphatic rings. The van der Waals surface area contributed by atoms with E-state index >= 15 is 0 Å². The summed E-state index contributed by atoms with van der Waals surface area (Å²) >= 11 is 0. The Bertz CT molecular complexity index is 685. The Balaban J connectivity index is 1.33. The molecule has 4 rings (SSSR count). The molecule has 1 aromatic rings. The van der Waals surface area contributed by atoms with Gasteiger partial charge in [0.25, 0.3) is 0 Å². The van der Waals surface area contributed by atoms with E-state index in [-0.39, 0.29) is 11.7 Å². The van der Waals surface area contributed by atoms with E-state index in [1.165, 1.54) is 43.4 Å². The highest BCUT2D eigenvalue weighted by Crippen LogP contribution is 2.24. The number of ketones is 1. The number of carbonyl (C=O) groups is 2. The lowest BCUT2D eigenvalue weighted by Crippen LogP contribution is -2.39. The van der Waals surface area contributed by atoms with Crippen LogP contribution in [0.2, 0.25) is 0 Å². The molecule has 0 N–H and O–H groups in total. The van der Waals surface area contributed by atoms with E-state index in [0.717, 1.165) is 44.5 Å². The molecule has 1 unspecified atom stereocenters. The smallest absolute Gasteiger partial charge is 0.223 e. The largest absolute Gasteiger partial charge is 0.341 e. The molecule has 2 aliphatic heterocycles. The molecule has 1 amide bonds. The molecular weight excluding hydrogens is 324 g/mol. The molecule has 0 aromatic heterocycles. The van der Waals surface area contributed by atoms with E-state index in [0.29, 0.717) is 18.9 Å². The van der Waals surface area contributed by atoms with E-state index in [1.54, 1.807) is 0 Å². The Morgan fingerprint density at radius 3 is 2.62 bits per heavy atom. The molecule has 1 atom stereocenters. The number of amides is 1. The van der Waals surface area contributed by atoms with E-state index in [4.69, 9.17) is 0 Å². The van der Waals surface area contributed by atoms with Crippen LogP contribution in [-0.4, -0.2) is 53.7 Å². The Hall–Kier alpha value is -1.68. The van der Waals surface area contributed by atoms with Gasteiger partial charge in [-0.15, -0.1) is 0 Å². The topological polar surface area (TPSA) is 40.6 Å². The first-order valence-electron chi connectivity index (χ1n) is 10.4. The number of Topliss-reactive ketones (excluding diaryl/α,β-unsaturated/α-hetero) is 1. The highest BCUT2D eigenvalue weighted by molar-refractivity contribution is 5.98. The van der Waals surface area contributed by atoms with Crippen molar-refractivity contribution in [3.05, 3.63) is 34.9 Å². The summed E-state index contributed by atoms with van der Waals surface area (Å²) in [6.07, 6.45) is 8.89. The predicted molar refractivity (Wildman–Crippen MR) is 102 cm³/mol. The zero-order valence-corrected chi connectivity index (χ0v) is 15.7. The van der Waals surface area contributed by atoms with Crippen LogP contribution >= 0.6 is 0 Å². The summed E-state index contributed by atoms with van der Waals surface area (Å²) < 4.78 is 0. The van der Waals surface area contributed by atoms with Gasteiger partial charge in [-0.3, -0.25) is 14.5 Å². The maximum atomic E-state index is 12.7. The van der Waals surface area contributed by atoms with Crippen molar-refractivity contribution in [3.8, 4) is 0 Å². The molecule has 1 aromatic carbocycles. The number of nitrogens with zero attached hydrogens (tertiary/aromatic N) is 2. The van der Waals surface area contributed by atoms with Crippen molar-refractivity contribution in [2.24, 2.45) is 0 Å². The average Bonchev–Trinajstić information content (AvgIpc) is 3.02. The first kappa shape index (κ1) is 17.7. The van der Waals surface area contributed by atoms with Crippen LogP contribution in [0.15, 0.2) is 18.2 Å². The minimum absolute atomic E-state index is 0.115. The molecule has 1 aliphatic carbocycles. The molecule has 4 nitrogen and oxygen atoms in total. The van der Waals surface area contributed by atoms with Crippen molar-refractivity contribution >= 4 is 11.7 Å². The van der Waals surface area contributed by atoms with Gasteiger partial charge in [-0.25, -0.2) is 0 Å². The minimum atomic E-state index is 0.115. The summed E-state index contributed by atoms with van der Waals surface area (Å²) in [5.41, 5.74) is 3.52. The third-order valence-corrected chi connectivity index (χ3v) is 6.39. The first-order valence-corrected chi connectivity index (χ1v) is 10.4. The molecule has 2 heterocycles. The fourth-order valence-corrected chi connectivity index (χ4v) is 4.86. The average molecular weight is 354 g/mol. The fourth-order valence-electron chi connectivity index (χ4n) is 4.86. The number of benzene rings is 1. The highest BCUT2D eigenvalue weighted by Gasteiger charge is 2.30. The number of hydrogen-bond acceptors (Lipinski definition) is 3. The lowest BCUT2D eigenvalue weighted by molar-refractivity contribution is -0.131. The molecular formula is C22H30N2O2. The van der Waals surface area contributed by atoms with E-state index in [1.807, 2.05) is 11.0 Å². The summed E-state index contributed by atoms with van der Waals surface area (Å²) in [7, 11) is 0. The predicted octanol–water partition coefficient (Wildman–Crippen LogP) is 3.23. The van der Waals surface area contributed by atoms with Crippen LogP contribution in [0.4, 0.5) is 0 Å². The van der Waals surface area contributed by atoms with Crippen LogP contribution in [0.25, 0.3) is 0 Å². The maximum Gasteiger partial charge on any atom is 0.223 e. The molecule has 2 fully saturated rings. The molecule has 26 heavy (non-hydrogen) atoms. The van der Waals surface area contributed by atoms with Gasteiger partial charge in [0.15, 0.2) is 5.78 Å². The molecule has 0 bridgehead atoms. The summed E-state index contributed by atoms with van der Waals surface area (Å²) in [6.45, 7) is 4.00. The van der Waals surface area contributed by atoms with Gasteiger partial charge in [0.05, 0.1) is 0 Å². The molecule has 4 heteroatoms. The Kier molecular flexibility index (Phi) is 5.39. The lowest BCUT2D eigenvalue weighted by atomic mass is 9.89. The van der Waals surface area contributed by atoms with Crippen molar-refractivity contribution in [2.45, 2.75) is 63.8 Å². The number of carbonyl (C=O) groups excluding carboxylic acids is 2. The molecule has 2 saturated heterocycles. The summed E-state index contributed by atoms with van der Waals surface area (Å²) in [4.78, 5) is 29.8. The monoisotopic (exact) mass is 354 g/mol. The fraction of sp³-hybridized carbons (Fsp3) is 0.636. The van der Waals surface area contributed by atoms with Crippen LogP contribution in [0.3, 0.4) is 0 Å². The molecule has 140 valence electrons. The standard InChI is InChI=1S/C22H30N2O2/c25-21(19-9-8-17-5-1-2-6-18(17)15-19)10-11-22(26)24-14-4-13-23-12-3-7-20(23)16-24/h8-9,15,20H,1-7,10-14,16H2. The van der Waals surface area contributed by atoms with E-state index in [2.05, 4.69) is 17.0 Å². The van der Waals surface area contributed by atoms with Gasteiger partial charge in [-0.05, 0) is 68.7 Å². The van der Waals surface area contributed by atoms with Crippen molar-refractivity contribution in [3.63, 3.8) is 0 Å². The van der Waals surface area contributed by atoms with Crippen LogP contribution in [0.5, 0.6) is 0 Å². The van der Waals surface area contributed by atoms with Crippen LogP contribution in [-0.2, 0) is 17.6 Å². The van der Waals surface area contributed by atoms with Gasteiger partial charge < -0.3 is 4.90 Å². The van der Waals surface area contributed by atoms with Crippen LogP contribution < -0.4 is 0 Å². The second-order valence-corrected chi connectivity index (χ2v) is 8.14. The zero-order chi connectivity index (χ0) is 17.9. The van der Waals surface area contributed by atoms with E-state index in [9.17, 15) is 9.59 Å². The molecule has 0 spiro atoms. The second-order valence-electron chi connectivity index (χ2n) is 8.14. The minimum Gasteiger partial charge on any atom is -0.341 e.